The lowest BCUT2D eigenvalue weighted by atomic mass is 9.67. The summed E-state index contributed by atoms with van der Waals surface area (Å²) < 4.78 is 4.80. The monoisotopic (exact) mass is 1330 g/mol. The van der Waals surface area contributed by atoms with Gasteiger partial charge in [0.25, 0.3) is 0 Å². The first-order valence-electron chi connectivity index (χ1n) is 36.1. The summed E-state index contributed by atoms with van der Waals surface area (Å²) in [7, 11) is 4.29. The van der Waals surface area contributed by atoms with Crippen LogP contribution in [0.1, 0.15) is 44.5 Å². The maximum atomic E-state index is 2.49. The molecule has 1 spiro atoms. The van der Waals surface area contributed by atoms with Gasteiger partial charge in [-0.3, -0.25) is 0 Å². The van der Waals surface area contributed by atoms with Crippen LogP contribution in [0.15, 0.2) is 388 Å². The van der Waals surface area contributed by atoms with Crippen LogP contribution in [0.4, 0.5) is 22.7 Å². The zero-order chi connectivity index (χ0) is 69.0. The van der Waals surface area contributed by atoms with E-state index in [2.05, 4.69) is 421 Å². The van der Waals surface area contributed by atoms with Crippen LogP contribution in [0.3, 0.4) is 0 Å². The van der Waals surface area contributed by atoms with E-state index in [1.54, 1.807) is 0 Å². The predicted octanol–water partition coefficient (Wildman–Crippen LogP) is 25.1. The number of hydrogen-bond donors (Lipinski definition) is 0. The Morgan fingerprint density at radius 3 is 0.846 bits per heavy atom. The van der Waals surface area contributed by atoms with Crippen LogP contribution in [-0.4, -0.2) is 23.2 Å². The molecule has 3 aliphatic carbocycles. The van der Waals surface area contributed by atoms with Gasteiger partial charge in [0, 0.05) is 69.8 Å². The first-order chi connectivity index (χ1) is 51.4. The van der Waals surface area contributed by atoms with E-state index in [1.165, 1.54) is 144 Å². The van der Waals surface area contributed by atoms with Crippen molar-refractivity contribution < 1.29 is 0 Å². The molecule has 3 aliphatic rings. The van der Waals surface area contributed by atoms with Gasteiger partial charge in [-0.15, -0.1) is 0 Å². The highest BCUT2D eigenvalue weighted by atomic mass is 15.1. The molecule has 0 unspecified atom stereocenters. The Labute approximate surface area is 606 Å². The lowest BCUT2D eigenvalue weighted by Crippen LogP contribution is -2.28. The molecule has 104 heavy (non-hydrogen) atoms. The quantitative estimate of drug-likeness (QED) is 0.136. The second-order valence-electron chi connectivity index (χ2n) is 27.9. The van der Waals surface area contributed by atoms with E-state index in [0.717, 1.165) is 34.1 Å². The average Bonchev–Trinajstić information content (AvgIpc) is 1.51. The smallest absolute Gasteiger partial charge is 0.0725 e. The highest BCUT2D eigenvalue weighted by molar-refractivity contribution is 6.13. The number of para-hydroxylation sites is 4. The van der Waals surface area contributed by atoms with Crippen LogP contribution in [0.25, 0.3) is 111 Å². The fraction of sp³-hybridized carbons (Fsp3) is 0.0400. The summed E-state index contributed by atoms with van der Waals surface area (Å²) in [5, 5.41) is 4.96. The van der Waals surface area contributed by atoms with E-state index < -0.39 is 5.41 Å². The van der Waals surface area contributed by atoms with Crippen LogP contribution < -0.4 is 9.80 Å². The van der Waals surface area contributed by atoms with Crippen molar-refractivity contribution >= 4 is 66.4 Å². The molecule has 490 valence electrons. The maximum Gasteiger partial charge on any atom is 0.0725 e. The van der Waals surface area contributed by atoms with Crippen molar-refractivity contribution in [3.8, 4) is 67.0 Å². The zero-order valence-corrected chi connectivity index (χ0v) is 57.7. The van der Waals surface area contributed by atoms with Crippen LogP contribution in [0.2, 0.25) is 0 Å². The highest BCUT2D eigenvalue weighted by Crippen LogP contribution is 2.63. The van der Waals surface area contributed by atoms with Gasteiger partial charge in [-0.05, 0) is 221 Å². The summed E-state index contributed by atoms with van der Waals surface area (Å²) in [5.74, 6) is 0. The van der Waals surface area contributed by atoms with Gasteiger partial charge < -0.3 is 18.9 Å². The number of rotatable bonds is 10. The number of fused-ring (bicyclic) bond motifs is 19. The second kappa shape index (κ2) is 24.2. The van der Waals surface area contributed by atoms with Crippen molar-refractivity contribution in [2.75, 3.05) is 23.9 Å². The molecule has 0 atom stereocenters. The lowest BCUT2D eigenvalue weighted by molar-refractivity contribution is 0.769. The molecule has 16 aromatic carbocycles. The van der Waals surface area contributed by atoms with Gasteiger partial charge >= 0.3 is 0 Å². The lowest BCUT2D eigenvalue weighted by Gasteiger charge is -2.34. The minimum atomic E-state index is -0.436. The third-order valence-corrected chi connectivity index (χ3v) is 22.7. The average molecular weight is 1330 g/mol. The molecule has 0 bridgehead atoms. The minimum absolute atomic E-state index is 0.362. The van der Waals surface area contributed by atoms with Gasteiger partial charge in [-0.25, -0.2) is 0 Å². The first-order valence-corrected chi connectivity index (χ1v) is 36.1. The van der Waals surface area contributed by atoms with Crippen LogP contribution in [-0.2, 0) is 10.8 Å². The fourth-order valence-corrected chi connectivity index (χ4v) is 18.0. The standard InChI is InChI=1S/C50H34N2.C50H36N2/c1-51(35-14-4-2-5-15-35)37-26-29-49-43(32-37)42-30-33(25-28-48(42)52(49)36-16-6-3-7-17-36)34-24-27-41-40-20-10-13-23-46(40)50(47(41)31-34)44-21-11-8-18-38(44)39-19-9-12-22-45(39)50;1-51(39-20-10-4-11-21-39)41-28-31-49-45(34-41)44-32-35(27-30-48(44)52(49)40-22-12-5-13-23-40)36-26-29-43-42-24-14-15-25-46(42)50(47(43)33-36,37-16-6-2-7-17-37)38-18-8-3-9-19-38/h2-32H,1H3;2-34H,1H3. The molecule has 0 saturated heterocycles. The Kier molecular flexibility index (Phi) is 14.1. The Hall–Kier alpha value is -13.3. The molecule has 18 aromatic rings. The van der Waals surface area contributed by atoms with Gasteiger partial charge in [-0.1, -0.05) is 267 Å². The van der Waals surface area contributed by atoms with Crippen LogP contribution in [0.5, 0.6) is 0 Å². The Bertz CT molecular complexity index is 5960. The molecule has 0 amide bonds. The molecule has 0 N–H and O–H groups in total. The van der Waals surface area contributed by atoms with Crippen molar-refractivity contribution in [3.05, 3.63) is 433 Å². The first kappa shape index (κ1) is 60.7. The van der Waals surface area contributed by atoms with Crippen molar-refractivity contribution in [3.63, 3.8) is 0 Å². The summed E-state index contributed by atoms with van der Waals surface area (Å²) in [5.41, 5.74) is 34.4. The largest absolute Gasteiger partial charge is 0.345 e. The van der Waals surface area contributed by atoms with E-state index in [1.807, 2.05) is 0 Å². The van der Waals surface area contributed by atoms with Crippen molar-refractivity contribution in [2.24, 2.45) is 0 Å². The molecule has 0 radical (unpaired) electrons. The van der Waals surface area contributed by atoms with Gasteiger partial charge in [0.15, 0.2) is 0 Å². The Morgan fingerprint density at radius 1 is 0.202 bits per heavy atom. The van der Waals surface area contributed by atoms with Crippen LogP contribution >= 0.6 is 0 Å². The van der Waals surface area contributed by atoms with E-state index >= 15 is 0 Å². The van der Waals surface area contributed by atoms with Crippen LogP contribution in [0, 0.1) is 0 Å². The fourth-order valence-electron chi connectivity index (χ4n) is 18.0. The van der Waals surface area contributed by atoms with E-state index in [9.17, 15) is 0 Å². The molecule has 2 aromatic heterocycles. The van der Waals surface area contributed by atoms with Crippen molar-refractivity contribution in [1.29, 1.82) is 0 Å². The van der Waals surface area contributed by atoms with Gasteiger partial charge in [-0.2, -0.15) is 0 Å². The minimum Gasteiger partial charge on any atom is -0.345 e. The summed E-state index contributed by atoms with van der Waals surface area (Å²) >= 11 is 0. The van der Waals surface area contributed by atoms with E-state index in [4.69, 9.17) is 0 Å². The Balaban J connectivity index is 0.000000139. The number of aromatic nitrogens is 2. The normalized spacial score (nSPS) is 13.1. The molecule has 0 fully saturated rings. The number of hydrogen-bond acceptors (Lipinski definition) is 2. The molecular formula is C100H70N4. The SMILES string of the molecule is CN(c1ccccc1)c1ccc2c(c1)c1cc(-c3ccc4c(c3)C(c3ccccc3)(c3ccccc3)c3ccccc3-4)ccc1n2-c1ccccc1.CN(c1ccccc1)c1ccc2c(c1)c1cc(-c3ccc4c(c3)C3(c5ccccc5-c5ccccc53)c3ccccc3-4)ccc1n2-c1ccccc1. The summed E-state index contributed by atoms with van der Waals surface area (Å²) in [6.45, 7) is 0. The molecular weight excluding hydrogens is 1260 g/mol. The van der Waals surface area contributed by atoms with Crippen molar-refractivity contribution in [1.82, 2.24) is 9.13 Å². The zero-order valence-electron chi connectivity index (χ0n) is 57.7. The maximum absolute atomic E-state index is 2.49. The molecule has 21 rings (SSSR count). The topological polar surface area (TPSA) is 16.3 Å². The number of benzene rings is 16. The van der Waals surface area contributed by atoms with E-state index in [-0.39, 0.29) is 5.41 Å². The third kappa shape index (κ3) is 9.18. The van der Waals surface area contributed by atoms with Crippen molar-refractivity contribution in [2.45, 2.75) is 10.8 Å². The highest BCUT2D eigenvalue weighted by Gasteiger charge is 2.52. The summed E-state index contributed by atoms with van der Waals surface area (Å²) in [4.78, 5) is 4.53. The van der Waals surface area contributed by atoms with E-state index in [0.29, 0.717) is 0 Å². The second-order valence-corrected chi connectivity index (χ2v) is 27.9. The molecule has 2 heterocycles. The third-order valence-electron chi connectivity index (χ3n) is 22.7. The summed E-state index contributed by atoms with van der Waals surface area (Å²) in [6.07, 6.45) is 0. The molecule has 0 saturated carbocycles. The van der Waals surface area contributed by atoms with Gasteiger partial charge in [0.1, 0.15) is 0 Å². The molecule has 0 aliphatic heterocycles. The molecule has 4 nitrogen and oxygen atoms in total. The van der Waals surface area contributed by atoms with Gasteiger partial charge in [0.05, 0.1) is 32.9 Å². The summed E-state index contributed by atoms with van der Waals surface area (Å²) in [6, 6.07) is 143. The number of nitrogens with zero attached hydrogens (tertiary/aromatic N) is 4. The molecule has 4 heteroatoms. The number of anilines is 4. The predicted molar refractivity (Wildman–Crippen MR) is 435 cm³/mol. The Morgan fingerprint density at radius 2 is 0.471 bits per heavy atom. The van der Waals surface area contributed by atoms with Gasteiger partial charge in [0.2, 0.25) is 0 Å².